The van der Waals surface area contributed by atoms with Crippen LogP contribution in [0.3, 0.4) is 0 Å². The van der Waals surface area contributed by atoms with Gasteiger partial charge in [0.25, 0.3) is 0 Å². The second-order valence-corrected chi connectivity index (χ2v) is 13.2. The summed E-state index contributed by atoms with van der Waals surface area (Å²) >= 11 is 0. The van der Waals surface area contributed by atoms with Gasteiger partial charge in [-0.1, -0.05) is 84.9 Å². The van der Waals surface area contributed by atoms with E-state index in [1.807, 2.05) is 12.4 Å². The summed E-state index contributed by atoms with van der Waals surface area (Å²) < 4.78 is 7.36. The zero-order valence-electron chi connectivity index (χ0n) is 26.3. The molecule has 226 valence electrons. The standard InChI is InChI=1S/C45H26N4/c1-2-11-28-23-41-35(22-27(28)10-1)37-25-36-32-15-4-7-18-39(32)49-40-19-8-5-16-34(40)43(45(36)49)44(37)48(41)30-13-9-12-29(24-30)47-38-17-6-3-14-31(38)33-20-21-46-26-42(33)47/h1-26H. The molecule has 4 heteroatoms. The Kier molecular flexibility index (Phi) is 4.69. The van der Waals surface area contributed by atoms with Crippen LogP contribution in [0, 0.1) is 0 Å². The summed E-state index contributed by atoms with van der Waals surface area (Å²) in [7, 11) is 0. The van der Waals surface area contributed by atoms with Gasteiger partial charge in [0.05, 0.1) is 44.8 Å². The van der Waals surface area contributed by atoms with E-state index >= 15 is 0 Å². The first-order chi connectivity index (χ1) is 24.3. The van der Waals surface area contributed by atoms with E-state index in [2.05, 4.69) is 164 Å². The normalized spacial score (nSPS) is 12.5. The van der Waals surface area contributed by atoms with Gasteiger partial charge in [0, 0.05) is 60.7 Å². The van der Waals surface area contributed by atoms with E-state index in [4.69, 9.17) is 0 Å². The highest BCUT2D eigenvalue weighted by atomic mass is 15.0. The van der Waals surface area contributed by atoms with Crippen molar-refractivity contribution in [3.8, 4) is 11.4 Å². The summed E-state index contributed by atoms with van der Waals surface area (Å²) in [6, 6.07) is 53.5. The molecule has 0 bridgehead atoms. The maximum Gasteiger partial charge on any atom is 0.0724 e. The molecular weight excluding hydrogens is 597 g/mol. The zero-order chi connectivity index (χ0) is 31.8. The van der Waals surface area contributed by atoms with Gasteiger partial charge < -0.3 is 13.5 Å². The molecule has 0 unspecified atom stereocenters. The molecule has 0 spiro atoms. The molecule has 0 fully saturated rings. The van der Waals surface area contributed by atoms with Crippen LogP contribution >= 0.6 is 0 Å². The molecule has 7 aromatic carbocycles. The van der Waals surface area contributed by atoms with Crippen molar-refractivity contribution < 1.29 is 0 Å². The molecule has 49 heavy (non-hydrogen) atoms. The van der Waals surface area contributed by atoms with Gasteiger partial charge in [0.2, 0.25) is 0 Å². The highest BCUT2D eigenvalue weighted by Crippen LogP contribution is 2.47. The minimum Gasteiger partial charge on any atom is -0.308 e. The molecule has 4 nitrogen and oxygen atoms in total. The molecule has 0 amide bonds. The Bertz CT molecular complexity index is 3280. The predicted octanol–water partition coefficient (Wildman–Crippen LogP) is 11.6. The van der Waals surface area contributed by atoms with E-state index in [1.165, 1.54) is 87.0 Å². The first-order valence-corrected chi connectivity index (χ1v) is 16.8. The second-order valence-electron chi connectivity index (χ2n) is 13.2. The number of hydrogen-bond acceptors (Lipinski definition) is 1. The molecule has 0 atom stereocenters. The molecule has 0 aliphatic rings. The largest absolute Gasteiger partial charge is 0.308 e. The van der Waals surface area contributed by atoms with Gasteiger partial charge in [-0.3, -0.25) is 4.98 Å². The lowest BCUT2D eigenvalue weighted by atomic mass is 10.0. The lowest BCUT2D eigenvalue weighted by Crippen LogP contribution is -1.99. The van der Waals surface area contributed by atoms with Crippen molar-refractivity contribution in [1.29, 1.82) is 0 Å². The minimum atomic E-state index is 1.10. The minimum absolute atomic E-state index is 1.10. The van der Waals surface area contributed by atoms with Gasteiger partial charge in [-0.15, -0.1) is 0 Å². The third-order valence-corrected chi connectivity index (χ3v) is 10.8. The Morgan fingerprint density at radius 1 is 0.367 bits per heavy atom. The third-order valence-electron chi connectivity index (χ3n) is 10.8. The number of hydrogen-bond donors (Lipinski definition) is 0. The molecule has 0 aliphatic heterocycles. The zero-order valence-corrected chi connectivity index (χ0v) is 26.3. The average molecular weight is 623 g/mol. The molecule has 0 N–H and O–H groups in total. The van der Waals surface area contributed by atoms with Crippen molar-refractivity contribution in [2.75, 3.05) is 0 Å². The van der Waals surface area contributed by atoms with Gasteiger partial charge in [-0.2, -0.15) is 0 Å². The van der Waals surface area contributed by atoms with Gasteiger partial charge >= 0.3 is 0 Å². The Hall–Kier alpha value is -6.65. The third kappa shape index (κ3) is 3.16. The van der Waals surface area contributed by atoms with Crippen molar-refractivity contribution >= 4 is 92.5 Å². The van der Waals surface area contributed by atoms with Crippen LogP contribution in [0.2, 0.25) is 0 Å². The van der Waals surface area contributed by atoms with Crippen molar-refractivity contribution in [1.82, 2.24) is 18.5 Å². The fourth-order valence-corrected chi connectivity index (χ4v) is 8.83. The molecular formula is C45H26N4. The predicted molar refractivity (Wildman–Crippen MR) is 205 cm³/mol. The maximum atomic E-state index is 4.55. The maximum absolute atomic E-state index is 4.55. The summed E-state index contributed by atoms with van der Waals surface area (Å²) in [5, 5.41) is 12.6. The van der Waals surface area contributed by atoms with Crippen LogP contribution in [0.4, 0.5) is 0 Å². The SMILES string of the molecule is c1cc(-n2c3ccccc3c3ccncc32)cc(-n2c3cc4ccccc4cc3c3cc4c5ccccc5n5c6ccccc6c(c32)c45)c1. The molecule has 5 aromatic heterocycles. The van der Waals surface area contributed by atoms with Gasteiger partial charge in [-0.25, -0.2) is 0 Å². The van der Waals surface area contributed by atoms with Crippen LogP contribution in [0.15, 0.2) is 158 Å². The lowest BCUT2D eigenvalue weighted by molar-refractivity contribution is 1.13. The number of fused-ring (bicyclic) bond motifs is 14. The first kappa shape index (κ1) is 25.4. The molecule has 0 radical (unpaired) electrons. The number of aromatic nitrogens is 4. The number of para-hydroxylation sites is 3. The number of pyridine rings is 1. The van der Waals surface area contributed by atoms with E-state index in [0.717, 1.165) is 16.9 Å². The topological polar surface area (TPSA) is 27.2 Å². The van der Waals surface area contributed by atoms with E-state index in [1.54, 1.807) is 0 Å². The highest BCUT2D eigenvalue weighted by molar-refractivity contribution is 6.34. The fourth-order valence-electron chi connectivity index (χ4n) is 8.83. The van der Waals surface area contributed by atoms with Gasteiger partial charge in [0.15, 0.2) is 0 Å². The van der Waals surface area contributed by atoms with Gasteiger partial charge in [0.1, 0.15) is 0 Å². The molecule has 12 aromatic rings. The van der Waals surface area contributed by atoms with Crippen LogP contribution < -0.4 is 0 Å². The number of rotatable bonds is 2. The molecule has 0 aliphatic carbocycles. The summed E-state index contributed by atoms with van der Waals surface area (Å²) in [6.45, 7) is 0. The number of benzene rings is 7. The van der Waals surface area contributed by atoms with Crippen molar-refractivity contribution in [3.63, 3.8) is 0 Å². The Morgan fingerprint density at radius 2 is 0.980 bits per heavy atom. The van der Waals surface area contributed by atoms with Crippen LogP contribution in [0.25, 0.3) is 104 Å². The van der Waals surface area contributed by atoms with E-state index in [9.17, 15) is 0 Å². The van der Waals surface area contributed by atoms with E-state index in [-0.39, 0.29) is 0 Å². The van der Waals surface area contributed by atoms with Crippen LogP contribution in [-0.4, -0.2) is 18.5 Å². The van der Waals surface area contributed by atoms with Crippen molar-refractivity contribution in [2.45, 2.75) is 0 Å². The van der Waals surface area contributed by atoms with Gasteiger partial charge in [-0.05, 0) is 71.4 Å². The lowest BCUT2D eigenvalue weighted by Gasteiger charge is -2.13. The van der Waals surface area contributed by atoms with E-state index < -0.39 is 0 Å². The Labute approximate surface area is 279 Å². The first-order valence-electron chi connectivity index (χ1n) is 16.8. The summed E-state index contributed by atoms with van der Waals surface area (Å²) in [5.41, 5.74) is 10.7. The molecule has 0 saturated heterocycles. The Morgan fingerprint density at radius 3 is 1.80 bits per heavy atom. The fraction of sp³-hybridized carbons (Fsp3) is 0. The van der Waals surface area contributed by atoms with Crippen LogP contribution in [-0.2, 0) is 0 Å². The van der Waals surface area contributed by atoms with Crippen molar-refractivity contribution in [3.05, 3.63) is 158 Å². The molecule has 12 rings (SSSR count). The second kappa shape index (κ2) is 9.03. The average Bonchev–Trinajstić information content (AvgIpc) is 3.88. The monoisotopic (exact) mass is 622 g/mol. The van der Waals surface area contributed by atoms with E-state index in [0.29, 0.717) is 0 Å². The Balaban J connectivity index is 1.29. The number of nitrogens with zero attached hydrogens (tertiary/aromatic N) is 4. The van der Waals surface area contributed by atoms with Crippen LogP contribution in [0.1, 0.15) is 0 Å². The molecule has 0 saturated carbocycles. The van der Waals surface area contributed by atoms with Crippen LogP contribution in [0.5, 0.6) is 0 Å². The molecule has 5 heterocycles. The summed E-state index contributed by atoms with van der Waals surface area (Å²) in [5.74, 6) is 0. The quantitative estimate of drug-likeness (QED) is 0.188. The summed E-state index contributed by atoms with van der Waals surface area (Å²) in [4.78, 5) is 4.55. The highest BCUT2D eigenvalue weighted by Gasteiger charge is 2.24. The van der Waals surface area contributed by atoms with Crippen molar-refractivity contribution in [2.24, 2.45) is 0 Å². The smallest absolute Gasteiger partial charge is 0.0724 e. The summed E-state index contributed by atoms with van der Waals surface area (Å²) in [6.07, 6.45) is 3.88.